The number of aromatic nitrogens is 8. The Kier molecular flexibility index (Phi) is 6.00. The third-order valence-corrected chi connectivity index (χ3v) is 7.61. The highest BCUT2D eigenvalue weighted by atomic mass is 19.1. The summed E-state index contributed by atoms with van der Waals surface area (Å²) >= 11 is 0. The van der Waals surface area contributed by atoms with Crippen LogP contribution in [-0.2, 0) is 7.05 Å². The third-order valence-electron chi connectivity index (χ3n) is 7.61. The molecule has 0 bridgehead atoms. The van der Waals surface area contributed by atoms with Crippen LogP contribution in [0.5, 0.6) is 5.75 Å². The summed E-state index contributed by atoms with van der Waals surface area (Å²) in [5.41, 5.74) is 5.82. The standard InChI is InChI=1S/C29H28FN9O/c1-17-32-16-24(38(17)2)19-13-23-26(36-37-27(23)33-15-19)29-34-25-22(5-6-31-28(25)35-29)18-11-20(30)14-21(12-18)40-10-9-39-7-3-4-8-39/h5-6,11-16H,3-4,7-10H2,1-2H3,(H,31,34,35)(H,33,36,37). The van der Waals surface area contributed by atoms with Crippen LogP contribution in [0.3, 0.4) is 0 Å². The molecule has 5 aromatic heterocycles. The predicted molar refractivity (Wildman–Crippen MR) is 150 cm³/mol. The quantitative estimate of drug-likeness (QED) is 0.298. The SMILES string of the molecule is Cc1ncc(-c2cnc3n[nH]c(-c4nc5nccc(-c6cc(F)cc(OCCN7CCCC7)c6)c5[nH]4)c3c2)n1C. The fourth-order valence-corrected chi connectivity index (χ4v) is 5.36. The van der Waals surface area contributed by atoms with E-state index in [9.17, 15) is 4.39 Å². The van der Waals surface area contributed by atoms with Crippen molar-refractivity contribution in [1.82, 2.24) is 44.6 Å². The van der Waals surface area contributed by atoms with Crippen LogP contribution in [0.4, 0.5) is 4.39 Å². The van der Waals surface area contributed by atoms with Gasteiger partial charge in [0.2, 0.25) is 0 Å². The van der Waals surface area contributed by atoms with Gasteiger partial charge in [-0.1, -0.05) is 0 Å². The lowest BCUT2D eigenvalue weighted by Gasteiger charge is -2.15. The molecule has 0 atom stereocenters. The molecule has 0 radical (unpaired) electrons. The molecule has 7 rings (SSSR count). The summed E-state index contributed by atoms with van der Waals surface area (Å²) in [6.07, 6.45) is 7.75. The third kappa shape index (κ3) is 4.37. The average molecular weight is 538 g/mol. The molecule has 2 N–H and O–H groups in total. The van der Waals surface area contributed by atoms with Crippen LogP contribution in [-0.4, -0.2) is 70.8 Å². The fourth-order valence-electron chi connectivity index (χ4n) is 5.36. The summed E-state index contributed by atoms with van der Waals surface area (Å²) in [5.74, 6) is 1.62. The zero-order valence-electron chi connectivity index (χ0n) is 22.3. The minimum absolute atomic E-state index is 0.359. The number of likely N-dealkylation sites (tertiary alicyclic amines) is 1. The van der Waals surface area contributed by atoms with E-state index in [1.54, 1.807) is 12.4 Å². The van der Waals surface area contributed by atoms with Crippen LogP contribution in [0.1, 0.15) is 18.7 Å². The van der Waals surface area contributed by atoms with Gasteiger partial charge in [-0.3, -0.25) is 10.00 Å². The van der Waals surface area contributed by atoms with E-state index in [4.69, 9.17) is 9.72 Å². The Morgan fingerprint density at radius 1 is 1.00 bits per heavy atom. The molecule has 1 fully saturated rings. The number of aryl methyl sites for hydroxylation is 1. The molecular formula is C29H28FN9O. The molecule has 40 heavy (non-hydrogen) atoms. The molecule has 0 unspecified atom stereocenters. The molecule has 6 aromatic rings. The van der Waals surface area contributed by atoms with E-state index in [0.29, 0.717) is 46.2 Å². The van der Waals surface area contributed by atoms with Gasteiger partial charge in [0.1, 0.15) is 29.7 Å². The van der Waals surface area contributed by atoms with Crippen LogP contribution in [0.15, 0.2) is 48.9 Å². The van der Waals surface area contributed by atoms with Gasteiger partial charge in [0, 0.05) is 43.2 Å². The molecule has 202 valence electrons. The van der Waals surface area contributed by atoms with Gasteiger partial charge in [-0.2, -0.15) is 5.10 Å². The zero-order valence-corrected chi connectivity index (χ0v) is 22.3. The van der Waals surface area contributed by atoms with Crippen LogP contribution >= 0.6 is 0 Å². The number of ether oxygens (including phenoxy) is 1. The van der Waals surface area contributed by atoms with Crippen LogP contribution in [0.25, 0.3) is 56.1 Å². The van der Waals surface area contributed by atoms with E-state index in [1.165, 1.54) is 25.0 Å². The first-order valence-corrected chi connectivity index (χ1v) is 13.4. The van der Waals surface area contributed by atoms with E-state index in [2.05, 4.69) is 35.0 Å². The van der Waals surface area contributed by atoms with Crippen molar-refractivity contribution >= 4 is 22.2 Å². The molecule has 1 aliphatic heterocycles. The van der Waals surface area contributed by atoms with Crippen LogP contribution < -0.4 is 4.74 Å². The smallest absolute Gasteiger partial charge is 0.181 e. The number of rotatable bonds is 7. The number of hydrogen-bond acceptors (Lipinski definition) is 7. The maximum Gasteiger partial charge on any atom is 0.181 e. The van der Waals surface area contributed by atoms with Gasteiger partial charge in [0.25, 0.3) is 0 Å². The molecule has 6 heterocycles. The van der Waals surface area contributed by atoms with Crippen molar-refractivity contribution in [3.05, 3.63) is 60.6 Å². The normalized spacial score (nSPS) is 14.1. The number of benzene rings is 1. The molecule has 1 aliphatic rings. The van der Waals surface area contributed by atoms with E-state index in [1.807, 2.05) is 42.9 Å². The van der Waals surface area contributed by atoms with Crippen molar-refractivity contribution in [2.45, 2.75) is 19.8 Å². The average Bonchev–Trinajstić information content (AvgIpc) is 3.75. The summed E-state index contributed by atoms with van der Waals surface area (Å²) < 4.78 is 22.7. The second-order valence-electron chi connectivity index (χ2n) is 10.2. The lowest BCUT2D eigenvalue weighted by Crippen LogP contribution is -2.25. The van der Waals surface area contributed by atoms with Crippen molar-refractivity contribution < 1.29 is 9.13 Å². The maximum absolute atomic E-state index is 14.7. The highest BCUT2D eigenvalue weighted by molar-refractivity contribution is 5.96. The van der Waals surface area contributed by atoms with Gasteiger partial charge in [0.05, 0.1) is 22.8 Å². The first-order valence-electron chi connectivity index (χ1n) is 13.4. The van der Waals surface area contributed by atoms with Gasteiger partial charge in [-0.25, -0.2) is 24.3 Å². The molecular weight excluding hydrogens is 509 g/mol. The molecule has 0 spiro atoms. The number of nitrogens with zero attached hydrogens (tertiary/aromatic N) is 7. The van der Waals surface area contributed by atoms with Crippen molar-refractivity contribution in [1.29, 1.82) is 0 Å². The summed E-state index contributed by atoms with van der Waals surface area (Å²) in [6, 6.07) is 8.66. The molecule has 0 amide bonds. The minimum Gasteiger partial charge on any atom is -0.492 e. The van der Waals surface area contributed by atoms with E-state index < -0.39 is 0 Å². The lowest BCUT2D eigenvalue weighted by molar-refractivity contribution is 0.237. The van der Waals surface area contributed by atoms with E-state index in [-0.39, 0.29) is 5.82 Å². The molecule has 11 heteroatoms. The zero-order chi connectivity index (χ0) is 27.2. The largest absolute Gasteiger partial charge is 0.492 e. The highest BCUT2D eigenvalue weighted by Crippen LogP contribution is 2.33. The van der Waals surface area contributed by atoms with E-state index >= 15 is 0 Å². The predicted octanol–water partition coefficient (Wildman–Crippen LogP) is 4.89. The minimum atomic E-state index is -0.359. The Balaban J connectivity index is 1.23. The Labute approximate surface area is 229 Å². The van der Waals surface area contributed by atoms with E-state index in [0.717, 1.165) is 47.7 Å². The van der Waals surface area contributed by atoms with Crippen molar-refractivity contribution in [2.24, 2.45) is 7.05 Å². The first-order chi connectivity index (χ1) is 19.5. The number of H-pyrrole nitrogens is 2. The number of fused-ring (bicyclic) bond motifs is 2. The number of halogens is 1. The second kappa shape index (κ2) is 9.83. The summed E-state index contributed by atoms with van der Waals surface area (Å²) in [4.78, 5) is 23.9. The topological polar surface area (TPSA) is 113 Å². The Morgan fingerprint density at radius 3 is 2.70 bits per heavy atom. The Morgan fingerprint density at radius 2 is 1.88 bits per heavy atom. The van der Waals surface area contributed by atoms with Gasteiger partial charge in [-0.15, -0.1) is 0 Å². The fraction of sp³-hybridized carbons (Fsp3) is 0.276. The number of hydrogen-bond donors (Lipinski definition) is 2. The molecule has 1 aromatic carbocycles. The highest BCUT2D eigenvalue weighted by Gasteiger charge is 2.18. The van der Waals surface area contributed by atoms with Gasteiger partial charge in [0.15, 0.2) is 17.1 Å². The van der Waals surface area contributed by atoms with Crippen LogP contribution in [0, 0.1) is 12.7 Å². The number of imidazole rings is 2. The van der Waals surface area contributed by atoms with Gasteiger partial charge < -0.3 is 14.3 Å². The number of pyridine rings is 2. The number of aromatic amines is 2. The van der Waals surface area contributed by atoms with Crippen LogP contribution in [0.2, 0.25) is 0 Å². The number of nitrogens with one attached hydrogen (secondary N) is 2. The molecule has 1 saturated heterocycles. The summed E-state index contributed by atoms with van der Waals surface area (Å²) in [5, 5.41) is 8.27. The lowest BCUT2D eigenvalue weighted by atomic mass is 10.1. The molecule has 10 nitrogen and oxygen atoms in total. The van der Waals surface area contributed by atoms with Gasteiger partial charge in [-0.05, 0) is 62.7 Å². The summed E-state index contributed by atoms with van der Waals surface area (Å²) in [7, 11) is 1.97. The van der Waals surface area contributed by atoms with Crippen molar-refractivity contribution in [2.75, 3.05) is 26.2 Å². The Hall–Kier alpha value is -4.64. The molecule has 0 saturated carbocycles. The summed E-state index contributed by atoms with van der Waals surface area (Å²) in [6.45, 7) is 5.51. The van der Waals surface area contributed by atoms with Crippen molar-refractivity contribution in [3.8, 4) is 39.7 Å². The first kappa shape index (κ1) is 24.4. The second-order valence-corrected chi connectivity index (χ2v) is 10.2. The van der Waals surface area contributed by atoms with Crippen molar-refractivity contribution in [3.63, 3.8) is 0 Å². The monoisotopic (exact) mass is 537 g/mol. The Bertz CT molecular complexity index is 1850. The van der Waals surface area contributed by atoms with Gasteiger partial charge >= 0.3 is 0 Å². The maximum atomic E-state index is 14.7. The molecule has 0 aliphatic carbocycles.